The minimum atomic E-state index is -0.181. The molecule has 0 spiro atoms. The average Bonchev–Trinajstić information content (AvgIpc) is 3.27. The van der Waals surface area contributed by atoms with E-state index in [4.69, 9.17) is 4.74 Å². The zero-order chi connectivity index (χ0) is 28.4. The van der Waals surface area contributed by atoms with Gasteiger partial charge < -0.3 is 4.74 Å². The first-order valence-corrected chi connectivity index (χ1v) is 17.1. The average molecular weight is 542 g/mol. The Labute approximate surface area is 242 Å². The number of carbonyl (C=O) groups excluding carboxylic acids is 1. The van der Waals surface area contributed by atoms with Gasteiger partial charge in [-0.1, -0.05) is 74.3 Å². The molecule has 4 saturated carbocycles. The molecule has 0 aromatic rings. The lowest BCUT2D eigenvalue weighted by Crippen LogP contribution is -2.54. The molecule has 0 amide bonds. The lowest BCUT2D eigenvalue weighted by Gasteiger charge is -2.61. The molecule has 0 radical (unpaired) electrons. The largest absolute Gasteiger partial charge is 0.462 e. The summed E-state index contributed by atoms with van der Waals surface area (Å²) in [5, 5.41) is 0. The summed E-state index contributed by atoms with van der Waals surface area (Å²) >= 11 is 0. The second-order valence-corrected chi connectivity index (χ2v) is 15.5. The Bertz CT molecular complexity index is 832. The zero-order valence-electron chi connectivity index (χ0n) is 26.9. The van der Waals surface area contributed by atoms with Gasteiger partial charge in [-0.05, 0) is 129 Å². The van der Waals surface area contributed by atoms with Gasteiger partial charge >= 0.3 is 5.97 Å². The number of hydrogen-bond acceptors (Lipinski definition) is 3. The van der Waals surface area contributed by atoms with Crippen LogP contribution in [-0.4, -0.2) is 37.1 Å². The third-order valence-electron chi connectivity index (χ3n) is 13.0. The number of carbonyl (C=O) groups is 1. The van der Waals surface area contributed by atoms with Crippen LogP contribution >= 0.6 is 0 Å². The Kier molecular flexibility index (Phi) is 10.4. The summed E-state index contributed by atoms with van der Waals surface area (Å²) in [6, 6.07) is 0. The maximum Gasteiger partial charge on any atom is 0.334 e. The van der Waals surface area contributed by atoms with Crippen molar-refractivity contribution in [2.24, 2.45) is 58.2 Å². The van der Waals surface area contributed by atoms with E-state index in [-0.39, 0.29) is 5.97 Å². The Balaban J connectivity index is 1.32. The number of likely N-dealkylation sites (N-methyl/N-ethyl adjacent to an activating group) is 1. The molecule has 0 aliphatic heterocycles. The molecular weight excluding hydrogens is 478 g/mol. The normalized spacial score (nSPS) is 38.7. The maximum absolute atomic E-state index is 12.6. The Morgan fingerprint density at radius 2 is 1.62 bits per heavy atom. The van der Waals surface area contributed by atoms with Crippen molar-refractivity contribution in [3.8, 4) is 0 Å². The summed E-state index contributed by atoms with van der Waals surface area (Å²) in [5.74, 6) is 6.67. The van der Waals surface area contributed by atoms with E-state index in [2.05, 4.69) is 59.9 Å². The first-order chi connectivity index (χ1) is 18.5. The van der Waals surface area contributed by atoms with Crippen LogP contribution in [-0.2, 0) is 9.53 Å². The van der Waals surface area contributed by atoms with E-state index in [0.717, 1.165) is 54.5 Å². The van der Waals surface area contributed by atoms with E-state index in [1.165, 1.54) is 77.0 Å². The van der Waals surface area contributed by atoms with Gasteiger partial charge in [-0.2, -0.15) is 0 Å². The number of fused-ring (bicyclic) bond motifs is 5. The van der Waals surface area contributed by atoms with Crippen molar-refractivity contribution in [1.29, 1.82) is 0 Å². The molecule has 4 aliphatic carbocycles. The number of ether oxygens (including phenoxy) is 1. The van der Waals surface area contributed by atoms with Crippen LogP contribution in [0.1, 0.15) is 126 Å². The fourth-order valence-electron chi connectivity index (χ4n) is 10.6. The quantitative estimate of drug-likeness (QED) is 0.182. The summed E-state index contributed by atoms with van der Waals surface area (Å²) in [6.45, 7) is 24.1. The fourth-order valence-corrected chi connectivity index (χ4v) is 10.6. The lowest BCUT2D eigenvalue weighted by atomic mass is 9.44. The molecule has 0 heterocycles. The highest BCUT2D eigenvalue weighted by atomic mass is 16.5. The van der Waals surface area contributed by atoms with Gasteiger partial charge in [-0.25, -0.2) is 4.79 Å². The van der Waals surface area contributed by atoms with Crippen molar-refractivity contribution >= 4 is 5.97 Å². The van der Waals surface area contributed by atoms with Crippen LogP contribution in [0, 0.1) is 58.2 Å². The van der Waals surface area contributed by atoms with Crippen molar-refractivity contribution in [2.75, 3.05) is 26.2 Å². The molecule has 9 atom stereocenters. The van der Waals surface area contributed by atoms with Gasteiger partial charge in [-0.15, -0.1) is 0 Å². The zero-order valence-corrected chi connectivity index (χ0v) is 26.9. The number of esters is 1. The Morgan fingerprint density at radius 3 is 2.31 bits per heavy atom. The van der Waals surface area contributed by atoms with Crippen LogP contribution in [0.3, 0.4) is 0 Å². The van der Waals surface area contributed by atoms with Crippen molar-refractivity contribution in [2.45, 2.75) is 126 Å². The molecule has 0 bridgehead atoms. The molecule has 0 N–H and O–H groups in total. The molecule has 0 aromatic heterocycles. The van der Waals surface area contributed by atoms with Gasteiger partial charge in [0.1, 0.15) is 0 Å². The topological polar surface area (TPSA) is 29.5 Å². The number of rotatable bonds is 12. The standard InChI is InChI=1S/C36H63NO2/c1-9-37(10-2)23-27(6)34(38)39-24-28-18-20-35(7)29(22-28)14-15-30-32-17-16-31(26(5)13-11-12-25(3)4)36(32,8)21-19-33(30)35/h25-26,28-33H,6,9-24H2,1-5,7-8H3/t26-,28+,29?,30+,31-,32?,33+,35+,36-/m1/s1. The molecule has 224 valence electrons. The van der Waals surface area contributed by atoms with Gasteiger partial charge in [0, 0.05) is 12.1 Å². The van der Waals surface area contributed by atoms with Gasteiger partial charge in [0.15, 0.2) is 0 Å². The number of nitrogens with zero attached hydrogens (tertiary/aromatic N) is 1. The summed E-state index contributed by atoms with van der Waals surface area (Å²) in [4.78, 5) is 14.9. The first kappa shape index (κ1) is 31.1. The van der Waals surface area contributed by atoms with E-state index >= 15 is 0 Å². The maximum atomic E-state index is 12.6. The summed E-state index contributed by atoms with van der Waals surface area (Å²) in [7, 11) is 0. The predicted octanol–water partition coefficient (Wildman–Crippen LogP) is 9.17. The second kappa shape index (κ2) is 13.0. The number of hydrogen-bond donors (Lipinski definition) is 0. The highest BCUT2D eigenvalue weighted by molar-refractivity contribution is 5.88. The minimum Gasteiger partial charge on any atom is -0.462 e. The monoisotopic (exact) mass is 541 g/mol. The fraction of sp³-hybridized carbons (Fsp3) is 0.917. The molecule has 0 aromatic carbocycles. The van der Waals surface area contributed by atoms with Crippen LogP contribution in [0.5, 0.6) is 0 Å². The Hall–Kier alpha value is -0.830. The van der Waals surface area contributed by atoms with Gasteiger partial charge in [0.2, 0.25) is 0 Å². The smallest absolute Gasteiger partial charge is 0.334 e. The molecule has 3 heteroatoms. The van der Waals surface area contributed by atoms with Crippen molar-refractivity contribution in [1.82, 2.24) is 4.90 Å². The second-order valence-electron chi connectivity index (χ2n) is 15.5. The molecular formula is C36H63NO2. The molecule has 4 rings (SSSR count). The molecule has 3 nitrogen and oxygen atoms in total. The summed E-state index contributed by atoms with van der Waals surface area (Å²) in [6.07, 6.45) is 16.8. The van der Waals surface area contributed by atoms with Crippen LogP contribution in [0.25, 0.3) is 0 Å². The van der Waals surface area contributed by atoms with Crippen LogP contribution in [0.2, 0.25) is 0 Å². The third kappa shape index (κ3) is 6.49. The van der Waals surface area contributed by atoms with E-state index < -0.39 is 0 Å². The molecule has 39 heavy (non-hydrogen) atoms. The predicted molar refractivity (Wildman–Crippen MR) is 164 cm³/mol. The van der Waals surface area contributed by atoms with Gasteiger partial charge in [0.05, 0.1) is 6.61 Å². The highest BCUT2D eigenvalue weighted by Crippen LogP contribution is 2.68. The van der Waals surface area contributed by atoms with E-state index in [0.29, 0.717) is 35.5 Å². The molecule has 2 unspecified atom stereocenters. The van der Waals surface area contributed by atoms with Crippen LogP contribution in [0.15, 0.2) is 12.2 Å². The van der Waals surface area contributed by atoms with Crippen molar-refractivity contribution < 1.29 is 9.53 Å². The SMILES string of the molecule is C=C(CN(CC)CC)C(=O)OC[C@H]1CC[C@@]2(C)C(CC[C@H]3C4CC[C@H]([C@H](C)CCCC(C)C)[C@@]4(C)CC[C@@H]32)C1. The third-order valence-corrected chi connectivity index (χ3v) is 13.0. The Morgan fingerprint density at radius 1 is 0.923 bits per heavy atom. The summed E-state index contributed by atoms with van der Waals surface area (Å²) in [5.41, 5.74) is 1.69. The van der Waals surface area contributed by atoms with Crippen molar-refractivity contribution in [3.63, 3.8) is 0 Å². The first-order valence-electron chi connectivity index (χ1n) is 17.1. The summed E-state index contributed by atoms with van der Waals surface area (Å²) < 4.78 is 5.83. The minimum absolute atomic E-state index is 0.181. The van der Waals surface area contributed by atoms with E-state index in [9.17, 15) is 4.79 Å². The molecule has 0 saturated heterocycles. The van der Waals surface area contributed by atoms with Crippen LogP contribution in [0.4, 0.5) is 0 Å². The lowest BCUT2D eigenvalue weighted by molar-refractivity contribution is -0.145. The van der Waals surface area contributed by atoms with Crippen LogP contribution < -0.4 is 0 Å². The van der Waals surface area contributed by atoms with Gasteiger partial charge in [-0.3, -0.25) is 4.90 Å². The molecule has 4 aliphatic rings. The van der Waals surface area contributed by atoms with Gasteiger partial charge in [0.25, 0.3) is 0 Å². The van der Waals surface area contributed by atoms with Crippen molar-refractivity contribution in [3.05, 3.63) is 12.2 Å². The highest BCUT2D eigenvalue weighted by Gasteiger charge is 2.60. The van der Waals surface area contributed by atoms with E-state index in [1.54, 1.807) is 0 Å². The molecule has 4 fully saturated rings. The van der Waals surface area contributed by atoms with E-state index in [1.807, 2.05) is 0 Å².